The number of aromatic nitrogens is 14. The highest BCUT2D eigenvalue weighted by molar-refractivity contribution is 7.91. The molecule has 2 aliphatic rings. The number of halogens is 2. The topological polar surface area (TPSA) is 297 Å². The minimum absolute atomic E-state index is 0.107. The predicted molar refractivity (Wildman–Crippen MR) is 263 cm³/mol. The van der Waals surface area contributed by atoms with E-state index in [9.17, 15) is 16.8 Å². The Labute approximate surface area is 436 Å². The maximum Gasteiger partial charge on any atom is 0.245 e. The smallest absolute Gasteiger partial charge is 0.245 e. The zero-order valence-electron chi connectivity index (χ0n) is 41.1. The molecule has 392 valence electrons. The molecule has 2 fully saturated rings. The van der Waals surface area contributed by atoms with Gasteiger partial charge in [-0.1, -0.05) is 23.2 Å². The molecule has 6 aromatic heterocycles. The first-order valence-electron chi connectivity index (χ1n) is 22.4. The van der Waals surface area contributed by atoms with E-state index in [1.165, 1.54) is 93.9 Å². The highest BCUT2D eigenvalue weighted by Crippen LogP contribution is 2.43. The van der Waals surface area contributed by atoms with Gasteiger partial charge in [0.2, 0.25) is 35.6 Å². The fraction of sp³-hybridized carbons (Fsp3) is 0.500. The number of hydrogen-bond donors (Lipinski definition) is 0. The second-order valence-electron chi connectivity index (χ2n) is 16.9. The average molecular weight is 1100 g/mol. The van der Waals surface area contributed by atoms with Gasteiger partial charge in [0.05, 0.1) is 49.0 Å². The molecule has 0 spiro atoms. The Kier molecular flexibility index (Phi) is 17.5. The molecule has 2 saturated carbocycles. The highest BCUT2D eigenvalue weighted by atomic mass is 35.5. The van der Waals surface area contributed by atoms with E-state index in [1.807, 2.05) is 0 Å². The van der Waals surface area contributed by atoms with Gasteiger partial charge in [-0.2, -0.15) is 19.9 Å². The molecule has 0 unspecified atom stereocenters. The molecule has 6 heterocycles. The number of ether oxygens (including phenoxy) is 6. The van der Waals surface area contributed by atoms with Gasteiger partial charge in [-0.15, -0.1) is 20.4 Å². The molecule has 0 saturated heterocycles. The predicted octanol–water partition coefficient (Wildman–Crippen LogP) is 4.75. The monoisotopic (exact) mass is 1100 g/mol. The molecule has 74 heavy (non-hydrogen) atoms. The molecule has 0 radical (unpaired) electrons. The maximum atomic E-state index is 13.6. The molecule has 26 nitrogen and oxygen atoms in total. The standard InChI is InChI=1S/2C22H25ClN8O5S/c2*1-12(18(34-3)19-25-8-14(23)9-26-19)37(32,33)10-16-29-30-20(13-6-15(7-13)24-2)31(16)17-21(35-4)27-11-28-22(17)36-5/h2*8-9,11-13,15,18H,6-7,10H2,1,3-5H3/t2*12-,13?,15?,18-/m00/s1. The van der Waals surface area contributed by atoms with Gasteiger partial charge in [0.25, 0.3) is 0 Å². The summed E-state index contributed by atoms with van der Waals surface area (Å²) in [4.78, 5) is 40.3. The summed E-state index contributed by atoms with van der Waals surface area (Å²) in [5, 5.41) is 15.7. The lowest BCUT2D eigenvalue weighted by Gasteiger charge is -2.27. The maximum absolute atomic E-state index is 13.6. The number of methoxy groups -OCH3 is 6. The molecule has 4 atom stereocenters. The van der Waals surface area contributed by atoms with Crippen LogP contribution < -0.4 is 18.9 Å². The third kappa shape index (κ3) is 11.4. The molecule has 8 rings (SSSR count). The van der Waals surface area contributed by atoms with Crippen molar-refractivity contribution in [2.24, 2.45) is 0 Å². The molecule has 2 aliphatic carbocycles. The van der Waals surface area contributed by atoms with Crippen LogP contribution in [-0.4, -0.2) is 151 Å². The third-order valence-corrected chi connectivity index (χ3v) is 17.0. The lowest BCUT2D eigenvalue weighted by Crippen LogP contribution is -2.30. The van der Waals surface area contributed by atoms with Gasteiger partial charge in [-0.3, -0.25) is 9.13 Å². The number of sulfone groups is 2. The molecular formula is C44H50Cl2N16O10S2. The van der Waals surface area contributed by atoms with Crippen LogP contribution in [-0.2, 0) is 40.7 Å². The van der Waals surface area contributed by atoms with E-state index in [0.29, 0.717) is 47.4 Å². The zero-order valence-corrected chi connectivity index (χ0v) is 44.3. The third-order valence-electron chi connectivity index (χ3n) is 12.5. The Morgan fingerprint density at radius 2 is 0.865 bits per heavy atom. The van der Waals surface area contributed by atoms with Gasteiger partial charge in [0, 0.05) is 76.5 Å². The quantitative estimate of drug-likeness (QED) is 0.0932. The molecular weight excluding hydrogens is 1050 g/mol. The second kappa shape index (κ2) is 23.6. The number of hydrogen-bond acceptors (Lipinski definition) is 22. The van der Waals surface area contributed by atoms with Crippen molar-refractivity contribution in [1.82, 2.24) is 69.4 Å². The van der Waals surface area contributed by atoms with Crippen molar-refractivity contribution in [3.8, 4) is 34.9 Å². The Bertz CT molecular complexity index is 2980. The minimum atomic E-state index is -3.90. The first kappa shape index (κ1) is 54.9. The van der Waals surface area contributed by atoms with E-state index < -0.39 is 53.9 Å². The van der Waals surface area contributed by atoms with Crippen LogP contribution in [0.15, 0.2) is 37.4 Å². The van der Waals surface area contributed by atoms with Crippen molar-refractivity contribution in [2.75, 3.05) is 42.7 Å². The van der Waals surface area contributed by atoms with Gasteiger partial charge in [-0.25, -0.2) is 49.9 Å². The van der Waals surface area contributed by atoms with Crippen LogP contribution in [0.4, 0.5) is 0 Å². The molecule has 0 aromatic carbocycles. The van der Waals surface area contributed by atoms with E-state index in [2.05, 4.69) is 70.0 Å². The van der Waals surface area contributed by atoms with Crippen molar-refractivity contribution < 1.29 is 45.3 Å². The Balaban J connectivity index is 0.000000216. The van der Waals surface area contributed by atoms with Gasteiger partial charge in [0.15, 0.2) is 54.3 Å². The van der Waals surface area contributed by atoms with Gasteiger partial charge in [-0.05, 0) is 13.8 Å². The van der Waals surface area contributed by atoms with Crippen LogP contribution in [0.5, 0.6) is 23.5 Å². The van der Waals surface area contributed by atoms with Crippen LogP contribution in [0.1, 0.15) is 98.5 Å². The molecule has 0 bridgehead atoms. The second-order valence-corrected chi connectivity index (χ2v) is 22.4. The summed E-state index contributed by atoms with van der Waals surface area (Å²) in [5.41, 5.74) is 0.557. The van der Waals surface area contributed by atoms with Crippen molar-refractivity contribution in [3.05, 3.63) is 105 Å². The Hall–Kier alpha value is -6.82. The van der Waals surface area contributed by atoms with Crippen LogP contribution in [0.25, 0.3) is 21.1 Å². The minimum Gasteiger partial charge on any atom is -0.479 e. The number of nitrogens with zero attached hydrogens (tertiary/aromatic N) is 16. The van der Waals surface area contributed by atoms with Gasteiger partial charge >= 0.3 is 0 Å². The van der Waals surface area contributed by atoms with Crippen molar-refractivity contribution in [1.29, 1.82) is 0 Å². The van der Waals surface area contributed by atoms with Crippen molar-refractivity contribution >= 4 is 42.9 Å². The largest absolute Gasteiger partial charge is 0.479 e. The van der Waals surface area contributed by atoms with E-state index in [0.717, 1.165) is 0 Å². The van der Waals surface area contributed by atoms with Gasteiger partial charge < -0.3 is 38.1 Å². The lowest BCUT2D eigenvalue weighted by atomic mass is 9.80. The average Bonchev–Trinajstić information content (AvgIpc) is 3.96. The first-order chi connectivity index (χ1) is 35.5. The molecule has 0 N–H and O–H groups in total. The van der Waals surface area contributed by atoms with Crippen LogP contribution >= 0.6 is 23.2 Å². The first-order valence-corrected chi connectivity index (χ1v) is 26.6. The Morgan fingerprint density at radius 1 is 0.554 bits per heavy atom. The van der Waals surface area contributed by atoms with Gasteiger partial charge in [0.1, 0.15) is 48.0 Å². The molecule has 0 amide bonds. The van der Waals surface area contributed by atoms with E-state index in [1.54, 1.807) is 9.13 Å². The SMILES string of the molecule is [C-]#[N+]C1CC(c2nnc(CS(=O)(=O)[C@@H](C)[C@H](OC)c3ncc(Cl)cn3)n2-c2c(OC)ncnc2OC)C1.[C-]#[N+]C1CC(c2nnc(CS(=O)(=O)[C@@H](C)[C@H](OC)c3ncc(Cl)cn3)n2-c2c(OC)ncnc2OC)C1. The van der Waals surface area contributed by atoms with E-state index >= 15 is 0 Å². The van der Waals surface area contributed by atoms with E-state index in [4.69, 9.17) is 64.8 Å². The summed E-state index contributed by atoms with van der Waals surface area (Å²) in [6.45, 7) is 17.6. The van der Waals surface area contributed by atoms with E-state index in [-0.39, 0.29) is 82.1 Å². The summed E-state index contributed by atoms with van der Waals surface area (Å²) in [5.74, 6) is 0.997. The highest BCUT2D eigenvalue weighted by Gasteiger charge is 2.43. The van der Waals surface area contributed by atoms with Crippen LogP contribution in [0.2, 0.25) is 10.0 Å². The lowest BCUT2D eigenvalue weighted by molar-refractivity contribution is 0.0947. The van der Waals surface area contributed by atoms with Crippen molar-refractivity contribution in [2.45, 2.75) is 97.7 Å². The molecule has 30 heteroatoms. The summed E-state index contributed by atoms with van der Waals surface area (Å²) in [6.07, 6.45) is 8.44. The van der Waals surface area contributed by atoms with Crippen LogP contribution in [0.3, 0.4) is 0 Å². The fourth-order valence-corrected chi connectivity index (χ4v) is 11.3. The zero-order chi connectivity index (χ0) is 53.5. The fourth-order valence-electron chi connectivity index (χ4n) is 8.30. The summed E-state index contributed by atoms with van der Waals surface area (Å²) >= 11 is 11.8. The molecule has 6 aromatic rings. The van der Waals surface area contributed by atoms with Crippen LogP contribution in [0, 0.1) is 13.1 Å². The summed E-state index contributed by atoms with van der Waals surface area (Å²) in [7, 11) is 0.696. The number of rotatable bonds is 20. The molecule has 0 aliphatic heterocycles. The summed E-state index contributed by atoms with van der Waals surface area (Å²) < 4.78 is 90.3. The Morgan fingerprint density at radius 3 is 1.14 bits per heavy atom. The van der Waals surface area contributed by atoms with Crippen molar-refractivity contribution in [3.63, 3.8) is 0 Å². The normalized spacial score (nSPS) is 18.9. The summed E-state index contributed by atoms with van der Waals surface area (Å²) in [6, 6.07) is -0.250.